The van der Waals surface area contributed by atoms with Crippen molar-refractivity contribution in [3.8, 4) is 0 Å². The fourth-order valence-electron chi connectivity index (χ4n) is 0.259. The predicted octanol–water partition coefficient (Wildman–Crippen LogP) is 4.10. The van der Waals surface area contributed by atoms with Crippen molar-refractivity contribution < 1.29 is 39.6 Å². The van der Waals surface area contributed by atoms with E-state index >= 15 is 0 Å². The molecule has 0 aromatic rings. The molecule has 0 fully saturated rings. The van der Waals surface area contributed by atoms with Crippen LogP contribution in [0.4, 0.5) is 21.4 Å². The molecule has 78 valence electrons. The van der Waals surface area contributed by atoms with E-state index in [1.165, 1.54) is 0 Å². The van der Waals surface area contributed by atoms with Gasteiger partial charge in [0.05, 0.1) is 0 Å². The Morgan fingerprint density at radius 1 is 1.08 bits per heavy atom. The molecular weight excluding hydrogens is 270 g/mol. The van der Waals surface area contributed by atoms with Crippen LogP contribution < -0.4 is 0 Å². The Bertz CT molecular complexity index is 84.4. The molecule has 0 aromatic heterocycles. The Morgan fingerprint density at radius 2 is 1.42 bits per heavy atom. The van der Waals surface area contributed by atoms with E-state index in [0.29, 0.717) is 12.8 Å². The van der Waals surface area contributed by atoms with E-state index in [2.05, 4.69) is 6.92 Å². The Morgan fingerprint density at radius 3 is 1.50 bits per heavy atom. The first-order chi connectivity index (χ1) is 5.27. The van der Waals surface area contributed by atoms with Crippen molar-refractivity contribution in [3.05, 3.63) is 13.3 Å². The Kier molecular flexibility index (Phi) is 9.72. The van der Waals surface area contributed by atoms with Crippen LogP contribution in [0.15, 0.2) is 0 Å². The number of unbranched alkanes of at least 4 members (excludes halogenated alkanes) is 1. The first-order valence-electron chi connectivity index (χ1n) is 2.85. The summed E-state index contributed by atoms with van der Waals surface area (Å²) in [6.07, 6.45) is -0.466. The summed E-state index contributed by atoms with van der Waals surface area (Å²) in [5, 5.41) is 0. The summed E-state index contributed by atoms with van der Waals surface area (Å²) in [6.45, 7) is 3.41. The summed E-state index contributed by atoms with van der Waals surface area (Å²) in [5.74, 6) is 0. The minimum absolute atomic E-state index is 0.0799. The second kappa shape index (κ2) is 7.89. The van der Waals surface area contributed by atoms with Crippen LogP contribution in [0.2, 0.25) is 0 Å². The first-order valence-corrected chi connectivity index (χ1v) is 5.88. The molecule has 0 aliphatic carbocycles. The third-order valence-electron chi connectivity index (χ3n) is 0.616. The zero-order chi connectivity index (χ0) is 10.2. The van der Waals surface area contributed by atoms with Crippen molar-refractivity contribution in [2.24, 2.45) is 0 Å². The molecule has 0 rings (SSSR count). The Labute approximate surface area is 72.7 Å². The van der Waals surface area contributed by atoms with Gasteiger partial charge in [-0.2, -0.15) is 6.42 Å². The fourth-order valence-corrected chi connectivity index (χ4v) is 0.259. The maximum absolute atomic E-state index is 11.1. The van der Waals surface area contributed by atoms with Gasteiger partial charge in [-0.25, -0.2) is 0 Å². The van der Waals surface area contributed by atoms with E-state index < -0.39 is 24.6 Å². The van der Waals surface area contributed by atoms with E-state index in [4.69, 9.17) is 0 Å². The molecule has 0 unspecified atom stereocenters. The zero-order valence-corrected chi connectivity index (χ0v) is 8.01. The van der Waals surface area contributed by atoms with Crippen LogP contribution in [0.1, 0.15) is 19.3 Å². The van der Waals surface area contributed by atoms with Crippen molar-refractivity contribution in [2.45, 2.75) is 19.3 Å². The van der Waals surface area contributed by atoms with Crippen LogP contribution in [-0.2, 0) is 18.2 Å². The van der Waals surface area contributed by atoms with Crippen molar-refractivity contribution in [1.82, 2.24) is 0 Å². The summed E-state index contributed by atoms with van der Waals surface area (Å²) >= 11 is -7.02. The first kappa shape index (κ1) is 14.8. The molecule has 0 saturated carbocycles. The summed E-state index contributed by atoms with van der Waals surface area (Å²) in [6, 6.07) is 0. The van der Waals surface area contributed by atoms with Crippen LogP contribution in [-0.4, -0.2) is 0 Å². The van der Waals surface area contributed by atoms with Crippen LogP contribution in [0.5, 0.6) is 0 Å². The molecule has 12 heavy (non-hydrogen) atoms. The van der Waals surface area contributed by atoms with E-state index in [9.17, 15) is 21.4 Å². The average Bonchev–Trinajstić information content (AvgIpc) is 1.79. The molecule has 0 atom stereocenters. The third kappa shape index (κ3) is 48.4. The Hall–Kier alpha value is 0.268. The van der Waals surface area contributed by atoms with Gasteiger partial charge in [0.2, 0.25) is 0 Å². The fraction of sp³-hybridized carbons (Fsp3) is 0.600. The number of hydrogen-bond donors (Lipinski definition) is 0. The van der Waals surface area contributed by atoms with Gasteiger partial charge < -0.3 is 15.7 Å². The number of hydrogen-bond acceptors (Lipinski definition) is 0. The van der Waals surface area contributed by atoms with Gasteiger partial charge in [-0.15, -0.1) is 12.8 Å². The van der Waals surface area contributed by atoms with Gasteiger partial charge in [0.25, 0.3) is 0 Å². The molecule has 0 aliphatic heterocycles. The monoisotopic (exact) mass is 280 g/mol. The SMILES string of the molecule is [CH2-]CCC[C-](F)F.[F][Mo]([F])([F])[F]. The van der Waals surface area contributed by atoms with E-state index in [-0.39, 0.29) is 6.42 Å². The molecule has 0 N–H and O–H groups in total. The topological polar surface area (TPSA) is 0 Å². The summed E-state index contributed by atoms with van der Waals surface area (Å²) in [5.41, 5.74) is 0. The predicted molar refractivity (Wildman–Crippen MR) is 29.1 cm³/mol. The van der Waals surface area contributed by atoms with Crippen molar-refractivity contribution in [3.63, 3.8) is 0 Å². The van der Waals surface area contributed by atoms with Gasteiger partial charge in [-0.05, 0) is 0 Å². The van der Waals surface area contributed by atoms with Crippen molar-refractivity contribution in [1.29, 1.82) is 0 Å². The minimum atomic E-state index is -7.02. The molecule has 0 spiro atoms. The molecule has 0 amide bonds. The second-order valence-corrected chi connectivity index (χ2v) is 3.37. The van der Waals surface area contributed by atoms with Gasteiger partial charge in [0, 0.05) is 6.43 Å². The van der Waals surface area contributed by atoms with Crippen molar-refractivity contribution in [2.75, 3.05) is 0 Å². The van der Waals surface area contributed by atoms with Gasteiger partial charge in [0.1, 0.15) is 0 Å². The molecule has 7 heteroatoms. The molecule has 0 aliphatic rings. The van der Waals surface area contributed by atoms with Gasteiger partial charge in [-0.1, -0.05) is 0 Å². The Balaban J connectivity index is 0. The van der Waals surface area contributed by atoms with Crippen LogP contribution in [0.3, 0.4) is 0 Å². The molecule has 0 aromatic carbocycles. The standard InChI is InChI=1S/C5H8F2.4FH.Mo/c1-2-3-4-5(6)7;;;;;/h1-4H2;4*1H;/q-2;;;;;+4/p-4. The zero-order valence-electron chi connectivity index (χ0n) is 6.00. The van der Waals surface area contributed by atoms with E-state index in [1.54, 1.807) is 0 Å². The summed E-state index contributed by atoms with van der Waals surface area (Å²) in [7, 11) is 0. The molecule has 0 bridgehead atoms. The van der Waals surface area contributed by atoms with Gasteiger partial charge in [-0.3, -0.25) is 0 Å². The normalized spacial score (nSPS) is 12.3. The summed E-state index contributed by atoms with van der Waals surface area (Å²) < 4.78 is 61.7. The average molecular weight is 278 g/mol. The number of halogens is 6. The molecule has 0 radical (unpaired) electrons. The van der Waals surface area contributed by atoms with Crippen LogP contribution in [0, 0.1) is 13.3 Å². The van der Waals surface area contributed by atoms with Gasteiger partial charge in [0.15, 0.2) is 0 Å². The quantitative estimate of drug-likeness (QED) is 0.414. The number of rotatable bonds is 3. The third-order valence-corrected chi connectivity index (χ3v) is 0.616. The molecule has 0 saturated heterocycles. The molecular formula is C5H8F6Mo-2. The van der Waals surface area contributed by atoms with E-state index in [1.807, 2.05) is 0 Å². The van der Waals surface area contributed by atoms with Crippen LogP contribution in [0.25, 0.3) is 0 Å². The van der Waals surface area contributed by atoms with E-state index in [0.717, 1.165) is 0 Å². The van der Waals surface area contributed by atoms with Gasteiger partial charge >= 0.3 is 30.8 Å². The summed E-state index contributed by atoms with van der Waals surface area (Å²) in [4.78, 5) is 0. The maximum atomic E-state index is 11.1. The van der Waals surface area contributed by atoms with Crippen molar-refractivity contribution >= 4 is 0 Å². The second-order valence-electron chi connectivity index (χ2n) is 1.65. The molecule has 0 nitrogen and oxygen atoms in total. The molecule has 0 heterocycles. The van der Waals surface area contributed by atoms with Crippen LogP contribution >= 0.6 is 0 Å².